The fourth-order valence-electron chi connectivity index (χ4n) is 5.05. The maximum Gasteiger partial charge on any atom is 0.241 e. The average Bonchev–Trinajstić information content (AvgIpc) is 3.21. The largest absolute Gasteiger partial charge is 0.490 e. The van der Waals surface area contributed by atoms with Crippen LogP contribution in [0.15, 0.2) is 42.5 Å². The van der Waals surface area contributed by atoms with Gasteiger partial charge in [-0.3, -0.25) is 4.79 Å². The maximum atomic E-state index is 12.5. The van der Waals surface area contributed by atoms with Crippen LogP contribution in [0.5, 0.6) is 11.5 Å². The molecule has 2 heterocycles. The van der Waals surface area contributed by atoms with Crippen molar-refractivity contribution >= 4 is 17.7 Å². The van der Waals surface area contributed by atoms with Crippen LogP contribution >= 0.6 is 0 Å². The van der Waals surface area contributed by atoms with Gasteiger partial charge in [0.25, 0.3) is 0 Å². The van der Waals surface area contributed by atoms with E-state index in [4.69, 9.17) is 9.47 Å². The Hall–Kier alpha value is -2.95. The molecule has 1 N–H and O–H groups in total. The number of carbonyl (C=O) groups is 1. The lowest BCUT2D eigenvalue weighted by Gasteiger charge is -2.40. The van der Waals surface area contributed by atoms with Crippen molar-refractivity contribution in [1.82, 2.24) is 5.32 Å². The molecule has 2 aromatic carbocycles. The zero-order valence-corrected chi connectivity index (χ0v) is 20.5. The van der Waals surface area contributed by atoms with Crippen LogP contribution in [-0.4, -0.2) is 31.3 Å². The van der Waals surface area contributed by atoms with Crippen LogP contribution in [0.2, 0.25) is 0 Å². The van der Waals surface area contributed by atoms with Crippen molar-refractivity contribution in [3.63, 3.8) is 0 Å². The molecule has 0 saturated carbocycles. The molecule has 1 amide bonds. The fourth-order valence-corrected chi connectivity index (χ4v) is 5.05. The van der Waals surface area contributed by atoms with E-state index >= 15 is 0 Å². The van der Waals surface area contributed by atoms with Gasteiger partial charge >= 0.3 is 0 Å². The number of unbranched alkanes of at least 4 members (excludes halogenated alkanes) is 2. The number of amides is 1. The summed E-state index contributed by atoms with van der Waals surface area (Å²) in [7, 11) is 0. The standard InChI is InChI=1S/C28H36N2O3/c1-6-8-9-16-33-24-13-11-21(18-25(24)32-7-2)14-15-28-27(4,5)22-17-20(3)10-12-23(22)30(28)19-26(31)29-28/h10-15,17-18H,6-9,16,19H2,1-5H3,(H,29,31)/t28-/m0/s1. The molecule has 2 aromatic rings. The monoisotopic (exact) mass is 448 g/mol. The Kier molecular flexibility index (Phi) is 6.42. The smallest absolute Gasteiger partial charge is 0.241 e. The highest BCUT2D eigenvalue weighted by Gasteiger charge is 2.59. The summed E-state index contributed by atoms with van der Waals surface area (Å²) in [5.74, 6) is 1.58. The topological polar surface area (TPSA) is 50.8 Å². The summed E-state index contributed by atoms with van der Waals surface area (Å²) in [4.78, 5) is 14.7. The number of hydrogen-bond acceptors (Lipinski definition) is 4. The lowest BCUT2D eigenvalue weighted by atomic mass is 9.75. The highest BCUT2D eigenvalue weighted by atomic mass is 16.5. The number of nitrogens with one attached hydrogen (secondary N) is 1. The Balaban J connectivity index is 1.65. The molecule has 2 aliphatic heterocycles. The van der Waals surface area contributed by atoms with Crippen LogP contribution in [0.3, 0.4) is 0 Å². The summed E-state index contributed by atoms with van der Waals surface area (Å²) in [6.07, 6.45) is 7.59. The van der Waals surface area contributed by atoms with Crippen LogP contribution in [0, 0.1) is 6.92 Å². The highest BCUT2D eigenvalue weighted by molar-refractivity contribution is 5.91. The van der Waals surface area contributed by atoms with Crippen molar-refractivity contribution in [3.8, 4) is 11.5 Å². The van der Waals surface area contributed by atoms with Crippen molar-refractivity contribution in [2.75, 3.05) is 24.7 Å². The number of carbonyl (C=O) groups excluding carboxylic acids is 1. The molecule has 0 unspecified atom stereocenters. The van der Waals surface area contributed by atoms with E-state index in [0.29, 0.717) is 19.8 Å². The molecular weight excluding hydrogens is 412 g/mol. The van der Waals surface area contributed by atoms with Gasteiger partial charge in [-0.25, -0.2) is 0 Å². The molecule has 0 aliphatic carbocycles. The van der Waals surface area contributed by atoms with Crippen LogP contribution in [0.25, 0.3) is 6.08 Å². The molecule has 1 atom stereocenters. The quantitative estimate of drug-likeness (QED) is 0.507. The molecule has 5 heteroatoms. The predicted molar refractivity (Wildman–Crippen MR) is 134 cm³/mol. The van der Waals surface area contributed by atoms with Crippen LogP contribution in [-0.2, 0) is 10.2 Å². The SMILES string of the molecule is CCCCCOc1ccc(C=C[C@]23NC(=O)CN2c2ccc(C)cc2C3(C)C)cc1OCC. The molecule has 0 aromatic heterocycles. The van der Waals surface area contributed by atoms with E-state index in [1.54, 1.807) is 0 Å². The third kappa shape index (κ3) is 4.09. The van der Waals surface area contributed by atoms with E-state index in [1.807, 2.05) is 25.1 Å². The van der Waals surface area contributed by atoms with Gasteiger partial charge in [0.2, 0.25) is 5.91 Å². The Morgan fingerprint density at radius 1 is 1.06 bits per heavy atom. The van der Waals surface area contributed by atoms with Crippen molar-refractivity contribution in [3.05, 3.63) is 59.2 Å². The first-order chi connectivity index (χ1) is 15.8. The maximum absolute atomic E-state index is 12.5. The predicted octanol–water partition coefficient (Wildman–Crippen LogP) is 5.60. The second kappa shape index (κ2) is 9.12. The zero-order valence-electron chi connectivity index (χ0n) is 20.5. The number of ether oxygens (including phenoxy) is 2. The van der Waals surface area contributed by atoms with Crippen molar-refractivity contribution in [2.24, 2.45) is 0 Å². The Morgan fingerprint density at radius 2 is 1.88 bits per heavy atom. The van der Waals surface area contributed by atoms with E-state index in [1.165, 1.54) is 17.5 Å². The third-order valence-corrected chi connectivity index (χ3v) is 6.92. The minimum Gasteiger partial charge on any atom is -0.490 e. The Morgan fingerprint density at radius 3 is 2.64 bits per heavy atom. The van der Waals surface area contributed by atoms with Gasteiger partial charge in [0, 0.05) is 11.1 Å². The molecule has 1 saturated heterocycles. The first kappa shape index (κ1) is 23.2. The molecule has 0 radical (unpaired) electrons. The summed E-state index contributed by atoms with van der Waals surface area (Å²) < 4.78 is 11.9. The summed E-state index contributed by atoms with van der Waals surface area (Å²) >= 11 is 0. The number of benzene rings is 2. The Labute approximate surface area is 197 Å². The van der Waals surface area contributed by atoms with Crippen molar-refractivity contribution in [2.45, 2.75) is 65.0 Å². The lowest BCUT2D eigenvalue weighted by Crippen LogP contribution is -2.58. The van der Waals surface area contributed by atoms with Gasteiger partial charge in [0.15, 0.2) is 11.5 Å². The number of hydrogen-bond donors (Lipinski definition) is 1. The van der Waals surface area contributed by atoms with Crippen LogP contribution in [0.4, 0.5) is 5.69 Å². The van der Waals surface area contributed by atoms with Crippen LogP contribution in [0.1, 0.15) is 63.6 Å². The Bertz CT molecular complexity index is 1060. The van der Waals surface area contributed by atoms with E-state index in [-0.39, 0.29) is 11.3 Å². The summed E-state index contributed by atoms with van der Waals surface area (Å²) in [5.41, 5.74) is 3.73. The third-order valence-electron chi connectivity index (χ3n) is 6.92. The van der Waals surface area contributed by atoms with Gasteiger partial charge < -0.3 is 19.7 Å². The first-order valence-electron chi connectivity index (χ1n) is 12.1. The number of rotatable bonds is 9. The lowest BCUT2D eigenvalue weighted by molar-refractivity contribution is -0.118. The molecule has 2 aliphatic rings. The molecule has 1 fully saturated rings. The van der Waals surface area contributed by atoms with Gasteiger partial charge in [0.05, 0.1) is 19.8 Å². The van der Waals surface area contributed by atoms with Gasteiger partial charge in [0.1, 0.15) is 5.66 Å². The first-order valence-corrected chi connectivity index (χ1v) is 12.1. The zero-order chi connectivity index (χ0) is 23.6. The van der Waals surface area contributed by atoms with E-state index in [0.717, 1.165) is 35.6 Å². The summed E-state index contributed by atoms with van der Waals surface area (Å²) in [6, 6.07) is 12.5. The molecule has 0 spiro atoms. The van der Waals surface area contributed by atoms with E-state index in [2.05, 4.69) is 68.3 Å². The summed E-state index contributed by atoms with van der Waals surface area (Å²) in [6.45, 7) is 12.3. The minimum absolute atomic E-state index is 0.0461. The normalized spacial score (nSPS) is 20.6. The molecule has 4 rings (SSSR count). The number of anilines is 1. The summed E-state index contributed by atoms with van der Waals surface area (Å²) in [5, 5.41) is 3.29. The van der Waals surface area contributed by atoms with Crippen LogP contribution < -0.4 is 19.7 Å². The highest BCUT2D eigenvalue weighted by Crippen LogP contribution is 2.53. The number of aryl methyl sites for hydroxylation is 1. The minimum atomic E-state index is -0.610. The fraction of sp³-hybridized carbons (Fsp3) is 0.464. The molecule has 176 valence electrons. The molecule has 0 bridgehead atoms. The average molecular weight is 449 g/mol. The van der Waals surface area contributed by atoms with Gasteiger partial charge in [-0.1, -0.05) is 63.5 Å². The van der Waals surface area contributed by atoms with Gasteiger partial charge in [-0.15, -0.1) is 0 Å². The molecule has 5 nitrogen and oxygen atoms in total. The van der Waals surface area contributed by atoms with Gasteiger partial charge in [-0.05, 0) is 55.7 Å². The van der Waals surface area contributed by atoms with Crippen molar-refractivity contribution in [1.29, 1.82) is 0 Å². The van der Waals surface area contributed by atoms with E-state index in [9.17, 15) is 4.79 Å². The molecular formula is C28H36N2O3. The van der Waals surface area contributed by atoms with Crippen molar-refractivity contribution < 1.29 is 14.3 Å². The van der Waals surface area contributed by atoms with Gasteiger partial charge in [-0.2, -0.15) is 0 Å². The number of nitrogens with zero attached hydrogens (tertiary/aromatic N) is 1. The number of fused-ring (bicyclic) bond motifs is 3. The second-order valence-corrected chi connectivity index (χ2v) is 9.57. The van der Waals surface area contributed by atoms with E-state index < -0.39 is 5.66 Å². The molecule has 33 heavy (non-hydrogen) atoms. The second-order valence-electron chi connectivity index (χ2n) is 9.57.